The van der Waals surface area contributed by atoms with E-state index in [-0.39, 0.29) is 0 Å². The van der Waals surface area contributed by atoms with Gasteiger partial charge in [0.15, 0.2) is 18.4 Å². The van der Waals surface area contributed by atoms with Gasteiger partial charge >= 0.3 is 0 Å². The van der Waals surface area contributed by atoms with Gasteiger partial charge in [0.1, 0.15) is 12.4 Å². The van der Waals surface area contributed by atoms with E-state index in [4.69, 9.17) is 4.74 Å². The standard InChI is InChI=1S/C15H18NO/c1-13-6-5-8-15(12-13)17-11-10-16-9-4-3-7-14(16)2/h3-9,12H,10-11H2,1-2H3/q+1. The Morgan fingerprint density at radius 3 is 2.71 bits per heavy atom. The lowest BCUT2D eigenvalue weighted by molar-refractivity contribution is -0.703. The second-order valence-corrected chi connectivity index (χ2v) is 4.20. The van der Waals surface area contributed by atoms with Crippen LogP contribution >= 0.6 is 0 Å². The highest BCUT2D eigenvalue weighted by molar-refractivity contribution is 5.27. The molecule has 1 aromatic heterocycles. The molecule has 0 atom stereocenters. The lowest BCUT2D eigenvalue weighted by atomic mass is 10.2. The summed E-state index contributed by atoms with van der Waals surface area (Å²) in [4.78, 5) is 0. The average Bonchev–Trinajstić information content (AvgIpc) is 2.32. The van der Waals surface area contributed by atoms with Gasteiger partial charge in [-0.3, -0.25) is 0 Å². The largest absolute Gasteiger partial charge is 0.487 e. The third-order valence-electron chi connectivity index (χ3n) is 2.76. The number of ether oxygens (including phenoxy) is 1. The lowest BCUT2D eigenvalue weighted by Gasteiger charge is -2.05. The maximum absolute atomic E-state index is 5.72. The molecule has 0 bridgehead atoms. The molecule has 0 aliphatic rings. The SMILES string of the molecule is Cc1cccc(OCC[n+]2ccccc2C)c1. The average molecular weight is 228 g/mol. The summed E-state index contributed by atoms with van der Waals surface area (Å²) in [5, 5.41) is 0. The number of benzene rings is 1. The minimum atomic E-state index is 0.693. The topological polar surface area (TPSA) is 13.1 Å². The summed E-state index contributed by atoms with van der Waals surface area (Å²) in [6.07, 6.45) is 2.08. The van der Waals surface area contributed by atoms with Crippen LogP contribution in [0, 0.1) is 13.8 Å². The van der Waals surface area contributed by atoms with Crippen LogP contribution in [0.3, 0.4) is 0 Å². The molecule has 0 spiro atoms. The van der Waals surface area contributed by atoms with Crippen molar-refractivity contribution in [3.63, 3.8) is 0 Å². The van der Waals surface area contributed by atoms with Crippen molar-refractivity contribution < 1.29 is 9.30 Å². The minimum Gasteiger partial charge on any atom is -0.487 e. The van der Waals surface area contributed by atoms with Crippen molar-refractivity contribution in [2.24, 2.45) is 0 Å². The zero-order valence-corrected chi connectivity index (χ0v) is 10.4. The minimum absolute atomic E-state index is 0.693. The van der Waals surface area contributed by atoms with E-state index < -0.39 is 0 Å². The zero-order chi connectivity index (χ0) is 12.1. The number of nitrogens with zero attached hydrogens (tertiary/aromatic N) is 1. The molecular formula is C15H18NO+. The summed E-state index contributed by atoms with van der Waals surface area (Å²) in [6, 6.07) is 14.3. The molecule has 2 nitrogen and oxygen atoms in total. The molecule has 88 valence electrons. The van der Waals surface area contributed by atoms with Crippen LogP contribution in [0.15, 0.2) is 48.7 Å². The number of hydrogen-bond donors (Lipinski definition) is 0. The Hall–Kier alpha value is -1.83. The first-order valence-electron chi connectivity index (χ1n) is 5.90. The van der Waals surface area contributed by atoms with E-state index in [0.717, 1.165) is 12.3 Å². The summed E-state index contributed by atoms with van der Waals surface area (Å²) < 4.78 is 7.92. The molecule has 2 rings (SSSR count). The van der Waals surface area contributed by atoms with Crippen molar-refractivity contribution in [1.82, 2.24) is 0 Å². The molecule has 0 N–H and O–H groups in total. The maximum atomic E-state index is 5.72. The molecule has 0 amide bonds. The Kier molecular flexibility index (Phi) is 3.76. The van der Waals surface area contributed by atoms with Gasteiger partial charge in [-0.1, -0.05) is 18.2 Å². The quantitative estimate of drug-likeness (QED) is 0.733. The van der Waals surface area contributed by atoms with Crippen molar-refractivity contribution in [1.29, 1.82) is 0 Å². The van der Waals surface area contributed by atoms with Gasteiger partial charge < -0.3 is 4.74 Å². The number of aryl methyl sites for hydroxylation is 2. The van der Waals surface area contributed by atoms with Gasteiger partial charge in [0.25, 0.3) is 0 Å². The Morgan fingerprint density at radius 2 is 1.94 bits per heavy atom. The lowest BCUT2D eigenvalue weighted by Crippen LogP contribution is -2.39. The molecule has 0 saturated carbocycles. The Labute approximate surface area is 102 Å². The molecule has 2 heteroatoms. The van der Waals surface area contributed by atoms with Crippen LogP contribution in [-0.2, 0) is 6.54 Å². The first-order valence-corrected chi connectivity index (χ1v) is 5.90. The second kappa shape index (κ2) is 5.48. The Morgan fingerprint density at radius 1 is 1.06 bits per heavy atom. The number of pyridine rings is 1. The van der Waals surface area contributed by atoms with Crippen molar-refractivity contribution in [2.75, 3.05) is 6.61 Å². The molecular weight excluding hydrogens is 210 g/mol. The number of rotatable bonds is 4. The van der Waals surface area contributed by atoms with Gasteiger partial charge in [0.05, 0.1) is 0 Å². The van der Waals surface area contributed by atoms with Crippen molar-refractivity contribution in [3.05, 3.63) is 59.9 Å². The molecule has 17 heavy (non-hydrogen) atoms. The fraction of sp³-hybridized carbons (Fsp3) is 0.267. The molecule has 0 saturated heterocycles. The van der Waals surface area contributed by atoms with Gasteiger partial charge in [-0.15, -0.1) is 0 Å². The van der Waals surface area contributed by atoms with Gasteiger partial charge in [0, 0.05) is 19.1 Å². The van der Waals surface area contributed by atoms with Crippen LogP contribution in [0.1, 0.15) is 11.3 Å². The van der Waals surface area contributed by atoms with Crippen LogP contribution in [0.5, 0.6) is 5.75 Å². The summed E-state index contributed by atoms with van der Waals surface area (Å²) in [5.74, 6) is 0.944. The van der Waals surface area contributed by atoms with Crippen LogP contribution in [0.4, 0.5) is 0 Å². The van der Waals surface area contributed by atoms with Gasteiger partial charge in [0.2, 0.25) is 0 Å². The molecule has 1 aromatic carbocycles. The maximum Gasteiger partial charge on any atom is 0.182 e. The fourth-order valence-corrected chi connectivity index (χ4v) is 1.78. The van der Waals surface area contributed by atoms with E-state index in [0.29, 0.717) is 6.61 Å². The second-order valence-electron chi connectivity index (χ2n) is 4.20. The first-order chi connectivity index (χ1) is 8.25. The van der Waals surface area contributed by atoms with Crippen molar-refractivity contribution >= 4 is 0 Å². The smallest absolute Gasteiger partial charge is 0.182 e. The molecule has 0 radical (unpaired) electrons. The van der Waals surface area contributed by atoms with E-state index in [2.05, 4.69) is 42.8 Å². The van der Waals surface area contributed by atoms with E-state index >= 15 is 0 Å². The Bertz CT molecular complexity index is 494. The number of aromatic nitrogens is 1. The highest BCUT2D eigenvalue weighted by atomic mass is 16.5. The predicted molar refractivity (Wildman–Crippen MR) is 68.0 cm³/mol. The predicted octanol–water partition coefficient (Wildman–Crippen LogP) is 2.67. The normalized spacial score (nSPS) is 10.2. The highest BCUT2D eigenvalue weighted by Crippen LogP contribution is 2.11. The summed E-state index contributed by atoms with van der Waals surface area (Å²) >= 11 is 0. The van der Waals surface area contributed by atoms with Gasteiger partial charge in [-0.05, 0) is 24.6 Å². The third kappa shape index (κ3) is 3.31. The number of hydrogen-bond acceptors (Lipinski definition) is 1. The van der Waals surface area contributed by atoms with E-state index in [1.807, 2.05) is 24.3 Å². The fourth-order valence-electron chi connectivity index (χ4n) is 1.78. The first kappa shape index (κ1) is 11.6. The van der Waals surface area contributed by atoms with Gasteiger partial charge in [-0.2, -0.15) is 4.57 Å². The van der Waals surface area contributed by atoms with E-state index in [1.165, 1.54) is 11.3 Å². The summed E-state index contributed by atoms with van der Waals surface area (Å²) in [7, 11) is 0. The van der Waals surface area contributed by atoms with E-state index in [1.54, 1.807) is 0 Å². The molecule has 0 aliphatic heterocycles. The van der Waals surface area contributed by atoms with Crippen LogP contribution in [0.25, 0.3) is 0 Å². The van der Waals surface area contributed by atoms with Gasteiger partial charge in [-0.25, -0.2) is 0 Å². The highest BCUT2D eigenvalue weighted by Gasteiger charge is 2.04. The van der Waals surface area contributed by atoms with E-state index in [9.17, 15) is 0 Å². The molecule has 0 fully saturated rings. The van der Waals surface area contributed by atoms with Crippen LogP contribution < -0.4 is 9.30 Å². The molecule has 0 aliphatic carbocycles. The van der Waals surface area contributed by atoms with Crippen molar-refractivity contribution in [2.45, 2.75) is 20.4 Å². The summed E-state index contributed by atoms with van der Waals surface area (Å²) in [5.41, 5.74) is 2.48. The van der Waals surface area contributed by atoms with Crippen molar-refractivity contribution in [3.8, 4) is 5.75 Å². The molecule has 1 heterocycles. The molecule has 2 aromatic rings. The van der Waals surface area contributed by atoms with Crippen LogP contribution in [-0.4, -0.2) is 6.61 Å². The van der Waals surface area contributed by atoms with Crippen LogP contribution in [0.2, 0.25) is 0 Å². The third-order valence-corrected chi connectivity index (χ3v) is 2.76. The molecule has 0 unspecified atom stereocenters. The Balaban J connectivity index is 1.90. The zero-order valence-electron chi connectivity index (χ0n) is 10.4. The summed E-state index contributed by atoms with van der Waals surface area (Å²) in [6.45, 7) is 5.75. The monoisotopic (exact) mass is 228 g/mol.